The van der Waals surface area contributed by atoms with E-state index in [-0.39, 0.29) is 24.3 Å². The lowest BCUT2D eigenvalue weighted by atomic mass is 10.00. The highest BCUT2D eigenvalue weighted by Crippen LogP contribution is 2.29. The topological polar surface area (TPSA) is 112 Å². The average Bonchev–Trinajstić information content (AvgIpc) is 3.46. The Bertz CT molecular complexity index is 1310. The van der Waals surface area contributed by atoms with Gasteiger partial charge in [-0.15, -0.1) is 0 Å². The van der Waals surface area contributed by atoms with Crippen molar-refractivity contribution in [3.05, 3.63) is 76.6 Å². The Morgan fingerprint density at radius 3 is 2.41 bits per heavy atom. The van der Waals surface area contributed by atoms with Crippen molar-refractivity contribution < 1.29 is 14.4 Å². The maximum absolute atomic E-state index is 13.7. The fraction of sp³-hybridized carbons (Fsp3) is 0.357. The van der Waals surface area contributed by atoms with Crippen molar-refractivity contribution in [2.75, 3.05) is 38.8 Å². The van der Waals surface area contributed by atoms with Crippen molar-refractivity contribution in [1.82, 2.24) is 24.9 Å². The molecule has 2 fully saturated rings. The predicted molar refractivity (Wildman–Crippen MR) is 146 cm³/mol. The van der Waals surface area contributed by atoms with Crippen molar-refractivity contribution in [3.63, 3.8) is 0 Å². The number of carbonyl (C=O) groups is 3. The van der Waals surface area contributed by atoms with Gasteiger partial charge in [-0.3, -0.25) is 9.59 Å². The summed E-state index contributed by atoms with van der Waals surface area (Å²) < 4.78 is 0. The Hall–Kier alpha value is -4.23. The summed E-state index contributed by atoms with van der Waals surface area (Å²) in [5.74, 6) is -0.134. The van der Waals surface area contributed by atoms with Gasteiger partial charge in [0, 0.05) is 49.5 Å². The smallest absolute Gasteiger partial charge is 0.319 e. The molecule has 0 bridgehead atoms. The van der Waals surface area contributed by atoms with Gasteiger partial charge >= 0.3 is 6.03 Å². The van der Waals surface area contributed by atoms with Gasteiger partial charge in [-0.25, -0.2) is 4.79 Å². The Morgan fingerprint density at radius 2 is 1.77 bits per heavy atom. The second-order valence-electron chi connectivity index (χ2n) is 10.1. The number of likely N-dealkylation sites (tertiary alicyclic amines) is 1. The number of hydrogen-bond acceptors (Lipinski definition) is 6. The molecule has 4 amide bonds. The number of carbonyl (C=O) groups excluding carboxylic acids is 3. The Kier molecular flexibility index (Phi) is 7.61. The highest BCUT2D eigenvalue weighted by Gasteiger charge is 2.41. The molecule has 0 saturated carbocycles. The number of piperidine rings is 1. The van der Waals surface area contributed by atoms with Gasteiger partial charge in [0.05, 0.1) is 25.0 Å². The maximum atomic E-state index is 13.7. The van der Waals surface area contributed by atoms with Crippen molar-refractivity contribution in [1.29, 1.82) is 5.26 Å². The van der Waals surface area contributed by atoms with Crippen LogP contribution in [-0.4, -0.2) is 83.0 Å². The number of hydrogen-bond donors (Lipinski definition) is 2. The summed E-state index contributed by atoms with van der Waals surface area (Å²) >= 11 is 5.93. The normalized spacial score (nSPS) is 18.0. The van der Waals surface area contributed by atoms with Crippen molar-refractivity contribution >= 4 is 35.1 Å². The summed E-state index contributed by atoms with van der Waals surface area (Å²) in [7, 11) is 1.95. The van der Waals surface area contributed by atoms with Gasteiger partial charge in [-0.2, -0.15) is 5.26 Å². The van der Waals surface area contributed by atoms with Crippen LogP contribution in [0, 0.1) is 11.3 Å². The molecule has 2 saturated heterocycles. The van der Waals surface area contributed by atoms with Crippen LogP contribution in [0.1, 0.15) is 24.0 Å². The zero-order valence-electron chi connectivity index (χ0n) is 21.6. The van der Waals surface area contributed by atoms with Crippen molar-refractivity contribution in [2.24, 2.45) is 0 Å². The first kappa shape index (κ1) is 26.4. The minimum absolute atomic E-state index is 0.0448. The highest BCUT2D eigenvalue weighted by molar-refractivity contribution is 6.30. The molecule has 0 radical (unpaired) electrons. The third kappa shape index (κ3) is 5.94. The molecule has 3 heterocycles. The van der Waals surface area contributed by atoms with Crippen LogP contribution in [-0.2, 0) is 16.0 Å². The number of nitrogens with zero attached hydrogens (tertiary/aromatic N) is 5. The molecule has 202 valence electrons. The molecule has 0 aromatic heterocycles. The van der Waals surface area contributed by atoms with E-state index in [4.69, 9.17) is 16.9 Å². The van der Waals surface area contributed by atoms with Crippen LogP contribution < -0.4 is 10.6 Å². The van der Waals surface area contributed by atoms with Gasteiger partial charge in [0.25, 0.3) is 5.91 Å². The van der Waals surface area contributed by atoms with Crippen LogP contribution in [0.2, 0.25) is 5.02 Å². The Balaban J connectivity index is 1.24. The summed E-state index contributed by atoms with van der Waals surface area (Å²) in [6.45, 7) is 2.27. The molecule has 0 spiro atoms. The van der Waals surface area contributed by atoms with E-state index in [0.29, 0.717) is 55.5 Å². The van der Waals surface area contributed by atoms with Crippen LogP contribution in [0.5, 0.6) is 0 Å². The summed E-state index contributed by atoms with van der Waals surface area (Å²) in [4.78, 5) is 47.2. The van der Waals surface area contributed by atoms with Crippen molar-refractivity contribution in [3.8, 4) is 6.07 Å². The predicted octanol–water partition coefficient (Wildman–Crippen LogP) is 2.78. The van der Waals surface area contributed by atoms with E-state index in [1.807, 2.05) is 23.0 Å². The van der Waals surface area contributed by atoms with Crippen LogP contribution in [0.4, 0.5) is 10.5 Å². The summed E-state index contributed by atoms with van der Waals surface area (Å²) in [5, 5.41) is 15.2. The van der Waals surface area contributed by atoms with Crippen LogP contribution in [0.25, 0.3) is 0 Å². The molecular formula is C28H30ClN7O3. The van der Waals surface area contributed by atoms with Gasteiger partial charge in [-0.1, -0.05) is 23.7 Å². The van der Waals surface area contributed by atoms with E-state index >= 15 is 0 Å². The Morgan fingerprint density at radius 1 is 1.08 bits per heavy atom. The minimum Gasteiger partial charge on any atom is -0.361 e. The van der Waals surface area contributed by atoms with E-state index in [1.54, 1.807) is 53.4 Å². The number of fused-ring (bicyclic) bond motifs is 1. The number of anilines is 1. The van der Waals surface area contributed by atoms with E-state index in [1.165, 1.54) is 0 Å². The molecule has 10 nitrogen and oxygen atoms in total. The van der Waals surface area contributed by atoms with Gasteiger partial charge in [0.1, 0.15) is 11.7 Å². The first-order chi connectivity index (χ1) is 18.8. The monoisotopic (exact) mass is 547 g/mol. The van der Waals surface area contributed by atoms with Gasteiger partial charge < -0.3 is 30.2 Å². The van der Waals surface area contributed by atoms with Crippen molar-refractivity contribution in [2.45, 2.75) is 31.3 Å². The number of benzene rings is 2. The van der Waals surface area contributed by atoms with Gasteiger partial charge in [0.2, 0.25) is 5.91 Å². The zero-order chi connectivity index (χ0) is 27.5. The third-order valence-corrected chi connectivity index (χ3v) is 7.58. The van der Waals surface area contributed by atoms with E-state index in [0.717, 1.165) is 11.3 Å². The van der Waals surface area contributed by atoms with Crippen LogP contribution >= 0.6 is 11.6 Å². The maximum Gasteiger partial charge on any atom is 0.319 e. The largest absolute Gasteiger partial charge is 0.361 e. The molecule has 3 aliphatic rings. The zero-order valence-corrected chi connectivity index (χ0v) is 22.4. The fourth-order valence-electron chi connectivity index (χ4n) is 5.29. The fourth-order valence-corrected chi connectivity index (χ4v) is 5.42. The lowest BCUT2D eigenvalue weighted by Crippen LogP contribution is -2.54. The number of nitrogens with one attached hydrogen (secondary N) is 2. The first-order valence-corrected chi connectivity index (χ1v) is 13.3. The number of amides is 4. The van der Waals surface area contributed by atoms with Crippen LogP contribution in [0.15, 0.2) is 60.4 Å². The molecule has 2 aromatic carbocycles. The lowest BCUT2D eigenvalue weighted by Gasteiger charge is -2.38. The second-order valence-corrected chi connectivity index (χ2v) is 10.5. The minimum atomic E-state index is -0.804. The molecule has 39 heavy (non-hydrogen) atoms. The SMILES string of the molecule is CN1C=C2C(=O)N(C3CCN(C(=O)[C@@H](Cc4ccc(C#N)cc4)NC(=O)Nc4ccc(Cl)cc4)CC3)CN2C1. The summed E-state index contributed by atoms with van der Waals surface area (Å²) in [6, 6.07) is 14.5. The van der Waals surface area contributed by atoms with E-state index in [9.17, 15) is 14.4 Å². The van der Waals surface area contributed by atoms with E-state index in [2.05, 4.69) is 21.6 Å². The molecular weight excluding hydrogens is 518 g/mol. The molecule has 2 aromatic rings. The molecule has 2 N–H and O–H groups in total. The van der Waals surface area contributed by atoms with E-state index < -0.39 is 12.1 Å². The Labute approximate surface area is 232 Å². The molecule has 11 heteroatoms. The quantitative estimate of drug-likeness (QED) is 0.575. The average molecular weight is 548 g/mol. The third-order valence-electron chi connectivity index (χ3n) is 7.33. The summed E-state index contributed by atoms with van der Waals surface area (Å²) in [5.41, 5.74) is 2.64. The first-order valence-electron chi connectivity index (χ1n) is 12.9. The molecule has 0 unspecified atom stereocenters. The molecule has 5 rings (SSSR count). The number of rotatable bonds is 6. The number of urea groups is 1. The molecule has 3 aliphatic heterocycles. The highest BCUT2D eigenvalue weighted by atomic mass is 35.5. The number of halogens is 1. The standard InChI is InChI=1S/C28H30ClN7O3/c1-33-16-25-27(38)36(18-35(25)17-33)23-10-12-34(13-11-23)26(37)24(14-19-2-4-20(15-30)5-3-19)32-28(39)31-22-8-6-21(29)7-9-22/h2-9,16,23-24H,10-14,17-18H2,1H3,(H2,31,32,39)/t24-/m1/s1. The molecule has 0 aliphatic carbocycles. The van der Waals surface area contributed by atoms with Gasteiger partial charge in [-0.05, 0) is 54.8 Å². The van der Waals surface area contributed by atoms with Crippen LogP contribution in [0.3, 0.4) is 0 Å². The van der Waals surface area contributed by atoms with Gasteiger partial charge in [0.15, 0.2) is 0 Å². The molecule has 1 atom stereocenters. The lowest BCUT2D eigenvalue weighted by molar-refractivity contribution is -0.135. The second kappa shape index (κ2) is 11.3. The number of nitriles is 1. The summed E-state index contributed by atoms with van der Waals surface area (Å²) in [6.07, 6.45) is 3.51.